The molecule has 3 rings (SSSR count). The van der Waals surface area contributed by atoms with E-state index < -0.39 is 0 Å². The summed E-state index contributed by atoms with van der Waals surface area (Å²) in [5.74, 6) is 1.96. The van der Waals surface area contributed by atoms with Gasteiger partial charge in [-0.25, -0.2) is 4.68 Å². The largest absolute Gasteiger partial charge is 0.493 e. The minimum atomic E-state index is 0.460. The van der Waals surface area contributed by atoms with E-state index in [1.54, 1.807) is 17.9 Å². The van der Waals surface area contributed by atoms with Gasteiger partial charge in [-0.1, -0.05) is 53.1 Å². The normalized spacial score (nSPS) is 10.4. The van der Waals surface area contributed by atoms with Gasteiger partial charge in [0.15, 0.2) is 11.5 Å². The van der Waals surface area contributed by atoms with Crippen molar-refractivity contribution >= 4 is 5.95 Å². The predicted molar refractivity (Wildman–Crippen MR) is 104 cm³/mol. The lowest BCUT2D eigenvalue weighted by Crippen LogP contribution is -2.10. The standard InChI is InChI=1S/C20H23N5O2/c1-4-12-25-20(22-23-24-25)21-13-17-6-5-7-18(26-3)19(17)27-14-16-10-8-15(2)9-11-16/h4-11H,1,12-14H2,2-3H3,(H,21,22,24). The predicted octanol–water partition coefficient (Wildman–Crippen LogP) is 3.37. The highest BCUT2D eigenvalue weighted by atomic mass is 16.5. The van der Waals surface area contributed by atoms with Gasteiger partial charge in [-0.05, 0) is 29.0 Å². The number of ether oxygens (including phenoxy) is 2. The van der Waals surface area contributed by atoms with Crippen LogP contribution in [0.1, 0.15) is 16.7 Å². The Hall–Kier alpha value is -3.35. The number of anilines is 1. The third-order valence-electron chi connectivity index (χ3n) is 4.06. The molecule has 0 atom stereocenters. The van der Waals surface area contributed by atoms with Crippen molar-refractivity contribution in [3.63, 3.8) is 0 Å². The SMILES string of the molecule is C=CCn1nnnc1NCc1cccc(OC)c1OCc1ccc(C)cc1. The van der Waals surface area contributed by atoms with Crippen LogP contribution in [0.25, 0.3) is 0 Å². The summed E-state index contributed by atoms with van der Waals surface area (Å²) in [6, 6.07) is 14.1. The van der Waals surface area contributed by atoms with E-state index in [9.17, 15) is 0 Å². The Bertz CT molecular complexity index is 890. The van der Waals surface area contributed by atoms with E-state index >= 15 is 0 Å². The number of aromatic nitrogens is 4. The molecule has 0 amide bonds. The van der Waals surface area contributed by atoms with Gasteiger partial charge >= 0.3 is 0 Å². The molecule has 27 heavy (non-hydrogen) atoms. The lowest BCUT2D eigenvalue weighted by Gasteiger charge is -2.16. The zero-order chi connectivity index (χ0) is 19.1. The van der Waals surface area contributed by atoms with E-state index in [-0.39, 0.29) is 0 Å². The zero-order valence-electron chi connectivity index (χ0n) is 15.6. The highest BCUT2D eigenvalue weighted by Crippen LogP contribution is 2.32. The first-order chi connectivity index (χ1) is 13.2. The highest BCUT2D eigenvalue weighted by Gasteiger charge is 2.12. The van der Waals surface area contributed by atoms with Crippen LogP contribution in [0, 0.1) is 6.92 Å². The number of methoxy groups -OCH3 is 1. The van der Waals surface area contributed by atoms with Crippen LogP contribution in [0.5, 0.6) is 11.5 Å². The Morgan fingerprint density at radius 2 is 2.00 bits per heavy atom. The number of aryl methyl sites for hydroxylation is 1. The van der Waals surface area contributed by atoms with E-state index in [0.29, 0.717) is 37.1 Å². The van der Waals surface area contributed by atoms with E-state index in [0.717, 1.165) is 11.1 Å². The summed E-state index contributed by atoms with van der Waals surface area (Å²) in [6.45, 7) is 7.26. The molecule has 0 bridgehead atoms. The number of allylic oxidation sites excluding steroid dienone is 1. The number of para-hydroxylation sites is 1. The number of nitrogens with one attached hydrogen (secondary N) is 1. The molecule has 7 nitrogen and oxygen atoms in total. The summed E-state index contributed by atoms with van der Waals surface area (Å²) in [5.41, 5.74) is 3.27. The van der Waals surface area contributed by atoms with Crippen LogP contribution in [0.4, 0.5) is 5.95 Å². The maximum atomic E-state index is 6.09. The molecule has 140 valence electrons. The molecule has 0 aliphatic heterocycles. The van der Waals surface area contributed by atoms with Crippen molar-refractivity contribution in [2.24, 2.45) is 0 Å². The first-order valence-electron chi connectivity index (χ1n) is 8.66. The summed E-state index contributed by atoms with van der Waals surface area (Å²) in [7, 11) is 1.63. The fourth-order valence-electron chi connectivity index (χ4n) is 2.62. The molecule has 0 fully saturated rings. The maximum Gasteiger partial charge on any atom is 0.243 e. The van der Waals surface area contributed by atoms with Crippen LogP contribution in [-0.2, 0) is 19.7 Å². The molecular formula is C20H23N5O2. The summed E-state index contributed by atoms with van der Waals surface area (Å²) >= 11 is 0. The van der Waals surface area contributed by atoms with E-state index in [4.69, 9.17) is 9.47 Å². The third kappa shape index (κ3) is 4.63. The Labute approximate surface area is 158 Å². The lowest BCUT2D eigenvalue weighted by atomic mass is 10.1. The van der Waals surface area contributed by atoms with Crippen molar-refractivity contribution in [2.45, 2.75) is 26.6 Å². The highest BCUT2D eigenvalue weighted by molar-refractivity contribution is 5.48. The van der Waals surface area contributed by atoms with Gasteiger partial charge < -0.3 is 14.8 Å². The molecule has 7 heteroatoms. The third-order valence-corrected chi connectivity index (χ3v) is 4.06. The van der Waals surface area contributed by atoms with Gasteiger partial charge in [0.05, 0.1) is 13.7 Å². The average molecular weight is 365 g/mol. The molecule has 0 saturated carbocycles. The maximum absolute atomic E-state index is 6.09. The van der Waals surface area contributed by atoms with Crippen molar-refractivity contribution in [1.29, 1.82) is 0 Å². The molecule has 1 aromatic heterocycles. The van der Waals surface area contributed by atoms with Crippen molar-refractivity contribution in [3.8, 4) is 11.5 Å². The second kappa shape index (κ2) is 8.84. The fourth-order valence-corrected chi connectivity index (χ4v) is 2.62. The second-order valence-electron chi connectivity index (χ2n) is 6.05. The lowest BCUT2D eigenvalue weighted by molar-refractivity contribution is 0.281. The van der Waals surface area contributed by atoms with E-state index in [1.165, 1.54) is 5.56 Å². The number of rotatable bonds is 9. The summed E-state index contributed by atoms with van der Waals surface area (Å²) < 4.78 is 13.2. The molecule has 1 N–H and O–H groups in total. The van der Waals surface area contributed by atoms with Gasteiger partial charge in [-0.3, -0.25) is 0 Å². The number of hydrogen-bond acceptors (Lipinski definition) is 6. The first-order valence-corrected chi connectivity index (χ1v) is 8.66. The average Bonchev–Trinajstić information content (AvgIpc) is 3.13. The van der Waals surface area contributed by atoms with E-state index in [2.05, 4.69) is 58.6 Å². The van der Waals surface area contributed by atoms with Crippen LogP contribution in [0.15, 0.2) is 55.1 Å². The Morgan fingerprint density at radius 3 is 2.74 bits per heavy atom. The van der Waals surface area contributed by atoms with Gasteiger partial charge in [0.25, 0.3) is 0 Å². The fraction of sp³-hybridized carbons (Fsp3) is 0.250. The molecule has 2 aromatic carbocycles. The molecular weight excluding hydrogens is 342 g/mol. The van der Waals surface area contributed by atoms with Crippen molar-refractivity contribution in [1.82, 2.24) is 20.2 Å². The van der Waals surface area contributed by atoms with E-state index in [1.807, 2.05) is 18.2 Å². The molecule has 3 aromatic rings. The van der Waals surface area contributed by atoms with Crippen LogP contribution in [0.3, 0.4) is 0 Å². The number of hydrogen-bond donors (Lipinski definition) is 1. The Kier molecular flexibility index (Phi) is 6.04. The molecule has 0 aliphatic rings. The topological polar surface area (TPSA) is 74.1 Å². The van der Waals surface area contributed by atoms with Crippen LogP contribution < -0.4 is 14.8 Å². The molecule has 0 spiro atoms. The zero-order valence-corrected chi connectivity index (χ0v) is 15.6. The number of benzene rings is 2. The molecule has 0 unspecified atom stereocenters. The van der Waals surface area contributed by atoms with Crippen LogP contribution >= 0.6 is 0 Å². The first kappa shape index (κ1) is 18.4. The molecule has 0 radical (unpaired) electrons. The smallest absolute Gasteiger partial charge is 0.243 e. The number of tetrazole rings is 1. The van der Waals surface area contributed by atoms with Crippen LogP contribution in [0.2, 0.25) is 0 Å². The number of nitrogens with zero attached hydrogens (tertiary/aromatic N) is 4. The quantitative estimate of drug-likeness (QED) is 0.586. The summed E-state index contributed by atoms with van der Waals surface area (Å²) in [5, 5.41) is 14.8. The Balaban J connectivity index is 1.75. The molecule has 1 heterocycles. The summed E-state index contributed by atoms with van der Waals surface area (Å²) in [4.78, 5) is 0. The van der Waals surface area contributed by atoms with Crippen molar-refractivity contribution in [3.05, 3.63) is 71.8 Å². The van der Waals surface area contributed by atoms with Gasteiger partial charge in [0, 0.05) is 12.1 Å². The van der Waals surface area contributed by atoms with Crippen molar-refractivity contribution < 1.29 is 9.47 Å². The Morgan fingerprint density at radius 1 is 1.19 bits per heavy atom. The van der Waals surface area contributed by atoms with Crippen molar-refractivity contribution in [2.75, 3.05) is 12.4 Å². The molecule has 0 saturated heterocycles. The van der Waals surface area contributed by atoms with Gasteiger partial charge in [-0.2, -0.15) is 0 Å². The van der Waals surface area contributed by atoms with Gasteiger partial charge in [0.2, 0.25) is 5.95 Å². The minimum Gasteiger partial charge on any atom is -0.493 e. The second-order valence-corrected chi connectivity index (χ2v) is 6.05. The monoisotopic (exact) mass is 365 g/mol. The van der Waals surface area contributed by atoms with Gasteiger partial charge in [0.1, 0.15) is 6.61 Å². The van der Waals surface area contributed by atoms with Gasteiger partial charge in [-0.15, -0.1) is 6.58 Å². The summed E-state index contributed by atoms with van der Waals surface area (Å²) in [6.07, 6.45) is 1.74. The van der Waals surface area contributed by atoms with Crippen LogP contribution in [-0.4, -0.2) is 27.3 Å². The molecule has 0 aliphatic carbocycles. The minimum absolute atomic E-state index is 0.460.